The van der Waals surface area contributed by atoms with Gasteiger partial charge in [-0.2, -0.15) is 0 Å². The average Bonchev–Trinajstić information content (AvgIpc) is 3.25. The molecule has 0 radical (unpaired) electrons. The van der Waals surface area contributed by atoms with Crippen LogP contribution >= 0.6 is 23.5 Å². The van der Waals surface area contributed by atoms with Crippen LogP contribution in [0.1, 0.15) is 49.5 Å². The summed E-state index contributed by atoms with van der Waals surface area (Å²) in [6, 6.07) is 9.06. The molecule has 2 heterocycles. The number of ether oxygens (including phenoxy) is 1. The number of phosphoric acid groups is 3. The zero-order chi connectivity index (χ0) is 32.8. The lowest BCUT2D eigenvalue weighted by molar-refractivity contribution is -0.252. The summed E-state index contributed by atoms with van der Waals surface area (Å²) in [5.74, 6) is 5.24. The summed E-state index contributed by atoms with van der Waals surface area (Å²) >= 11 is 0. The Morgan fingerprint density at radius 2 is 1.53 bits per heavy atom. The Balaban J connectivity index is 1.36. The van der Waals surface area contributed by atoms with Crippen molar-refractivity contribution in [2.45, 2.75) is 63.1 Å². The molecule has 2 fully saturated rings. The summed E-state index contributed by atoms with van der Waals surface area (Å²) < 4.78 is 58.8. The van der Waals surface area contributed by atoms with Crippen LogP contribution in [0, 0.1) is 17.8 Å². The highest BCUT2D eigenvalue weighted by Crippen LogP contribution is 2.63. The molecule has 45 heavy (non-hydrogen) atoms. The van der Waals surface area contributed by atoms with Gasteiger partial charge in [-0.1, -0.05) is 61.4 Å². The van der Waals surface area contributed by atoms with E-state index < -0.39 is 65.9 Å². The van der Waals surface area contributed by atoms with Crippen LogP contribution < -0.4 is 25.9 Å². The Bertz CT molecular complexity index is 1650. The number of nitrogens with zero attached hydrogens (tertiary/aromatic N) is 1. The third-order valence-electron chi connectivity index (χ3n) is 6.93. The monoisotopic (exact) mass is 691 g/mol. The predicted molar refractivity (Wildman–Crippen MR) is 148 cm³/mol. The number of nitrogens with one attached hydrogen (secondary N) is 1. The van der Waals surface area contributed by atoms with Gasteiger partial charge in [-0.05, 0) is 24.3 Å². The second-order valence-corrected chi connectivity index (χ2v) is 14.8. The normalized spacial score (nSPS) is 26.2. The Morgan fingerprint density at radius 1 is 0.911 bits per heavy atom. The zero-order valence-corrected chi connectivity index (χ0v) is 26.2. The average molecular weight is 691 g/mol. The lowest BCUT2D eigenvalue weighted by Crippen LogP contribution is -2.38. The van der Waals surface area contributed by atoms with E-state index in [-0.39, 0.29) is 24.5 Å². The first-order valence-corrected chi connectivity index (χ1v) is 18.1. The van der Waals surface area contributed by atoms with Crippen molar-refractivity contribution in [3.8, 4) is 11.8 Å². The molecule has 3 N–H and O–H groups in total. The number of aromatic nitrogens is 2. The molecule has 1 saturated heterocycles. The van der Waals surface area contributed by atoms with E-state index in [4.69, 9.17) is 4.74 Å². The Hall–Kier alpha value is -2.25. The van der Waals surface area contributed by atoms with Crippen molar-refractivity contribution in [2.24, 2.45) is 5.92 Å². The molecule has 2 aromatic rings. The van der Waals surface area contributed by atoms with Crippen molar-refractivity contribution in [3.63, 3.8) is 0 Å². The maximum atomic E-state index is 12.5. The molecule has 7 atom stereocenters. The van der Waals surface area contributed by atoms with Gasteiger partial charge in [-0.3, -0.25) is 28.0 Å². The summed E-state index contributed by atoms with van der Waals surface area (Å²) in [5.41, 5.74) is -1.21. The Labute approximate surface area is 256 Å². The van der Waals surface area contributed by atoms with Crippen molar-refractivity contribution in [2.75, 3.05) is 13.2 Å². The Kier molecular flexibility index (Phi) is 11.9. The van der Waals surface area contributed by atoms with E-state index in [9.17, 15) is 48.2 Å². The number of phosphoric ester groups is 2. The van der Waals surface area contributed by atoms with Gasteiger partial charge >= 0.3 is 5.69 Å². The molecule has 4 rings (SSSR count). The lowest BCUT2D eigenvalue weighted by Gasteiger charge is -2.35. The molecule has 20 heteroatoms. The van der Waals surface area contributed by atoms with Crippen LogP contribution in [0.25, 0.3) is 0 Å². The van der Waals surface area contributed by atoms with E-state index in [0.29, 0.717) is 17.4 Å². The van der Waals surface area contributed by atoms with Gasteiger partial charge in [0.1, 0.15) is 23.9 Å². The number of rotatable bonds is 12. The van der Waals surface area contributed by atoms with E-state index in [0.717, 1.165) is 31.0 Å². The molecule has 0 spiro atoms. The van der Waals surface area contributed by atoms with Gasteiger partial charge in [-0.15, -0.1) is 0 Å². The second kappa shape index (κ2) is 15.1. The molecule has 248 valence electrons. The third-order valence-corrected chi connectivity index (χ3v) is 11.1. The fourth-order valence-electron chi connectivity index (χ4n) is 4.72. The molecule has 0 bridgehead atoms. The number of hydrogen-bond donors (Lipinski definition) is 3. The highest BCUT2D eigenvalue weighted by molar-refractivity contribution is 7.65. The molecule has 1 aliphatic heterocycles. The molecular weight excluding hydrogens is 661 g/mol. The van der Waals surface area contributed by atoms with Crippen molar-refractivity contribution in [3.05, 3.63) is 68.5 Å². The van der Waals surface area contributed by atoms with Gasteiger partial charge in [0.05, 0.1) is 13.2 Å². The number of hydrogen-bond acceptors (Lipinski definition) is 15. The molecule has 2 aliphatic rings. The summed E-state index contributed by atoms with van der Waals surface area (Å²) in [5, 5.41) is 20.9. The smallest absolute Gasteiger partial charge is 0.330 e. The van der Waals surface area contributed by atoms with Crippen LogP contribution in [-0.4, -0.2) is 51.3 Å². The number of H-pyrrole nitrogens is 1. The van der Waals surface area contributed by atoms with Gasteiger partial charge in [0.15, 0.2) is 6.23 Å². The topological polar surface area (TPSA) is 262 Å². The molecular formula is C25H30N2O15P3-3. The van der Waals surface area contributed by atoms with Gasteiger partial charge in [-0.25, -0.2) is 13.4 Å². The summed E-state index contributed by atoms with van der Waals surface area (Å²) in [7, 11) is -17.5. The largest absolute Gasteiger partial charge is 0.756 e. The highest BCUT2D eigenvalue weighted by Gasteiger charge is 2.45. The van der Waals surface area contributed by atoms with E-state index in [1.807, 2.05) is 23.2 Å². The van der Waals surface area contributed by atoms with E-state index in [2.05, 4.69) is 29.5 Å². The number of benzene rings is 1. The molecule has 1 aromatic heterocycles. The standard InChI is InChI=1S/C25H33N2O15P3/c28-21-20(16-39-44(34,35)42-45(36,37)41-43(32,33)38-15-18-10-5-2-6-11-18)40-24(22(21)29)27-14-19(23(30)26-25(27)31)13-7-12-17-8-3-1-4-9-17/h1,3-4,8-9,14,18,20-22,24,28-29H,2,5-6,10-12,15-16H2,(H,32,33)(H,34,35)(H,36,37)(H,26,30,31)/p-3/t20-,21?,22+,24-/m1/s1. The summed E-state index contributed by atoms with van der Waals surface area (Å²) in [6.45, 7) is -1.50. The third kappa shape index (κ3) is 10.4. The molecule has 17 nitrogen and oxygen atoms in total. The van der Waals surface area contributed by atoms with Gasteiger partial charge in [0, 0.05) is 12.6 Å². The quantitative estimate of drug-likeness (QED) is 0.192. The molecule has 4 unspecified atom stereocenters. The minimum atomic E-state index is -6.10. The van der Waals surface area contributed by atoms with Crippen LogP contribution in [0.15, 0.2) is 46.1 Å². The maximum absolute atomic E-state index is 12.5. The predicted octanol–water partition coefficient (Wildman–Crippen LogP) is -0.198. The van der Waals surface area contributed by atoms with Gasteiger partial charge in [0.25, 0.3) is 29.0 Å². The SMILES string of the molecule is O=c1[nH]c(=O)n([C@@H]2O[C@H](COP(=O)([O-])OP(=O)([O-])OP(=O)([O-])OCC3CCCCC3)C(O)[C@@H]2O)cc1C#CCc1ccccc1. The van der Waals surface area contributed by atoms with Crippen molar-refractivity contribution < 1.29 is 61.0 Å². The molecule has 1 aromatic carbocycles. The van der Waals surface area contributed by atoms with Crippen LogP contribution in [0.2, 0.25) is 0 Å². The van der Waals surface area contributed by atoms with Crippen LogP contribution in [0.3, 0.4) is 0 Å². The zero-order valence-electron chi connectivity index (χ0n) is 23.5. The second-order valence-electron chi connectivity index (χ2n) is 10.3. The number of aliphatic hydroxyl groups is 2. The first-order valence-electron chi connectivity index (χ1n) is 13.7. The van der Waals surface area contributed by atoms with Crippen molar-refractivity contribution >= 4 is 23.5 Å². The number of aliphatic hydroxyl groups excluding tert-OH is 2. The highest BCUT2D eigenvalue weighted by atomic mass is 31.3. The summed E-state index contributed by atoms with van der Waals surface area (Å²) in [6.07, 6.45) is -1.83. The van der Waals surface area contributed by atoms with Crippen LogP contribution in [0.4, 0.5) is 0 Å². The first kappa shape index (κ1) is 35.6. The van der Waals surface area contributed by atoms with Gasteiger partial charge < -0.3 is 38.7 Å². The van der Waals surface area contributed by atoms with E-state index in [1.165, 1.54) is 0 Å². The van der Waals surface area contributed by atoms with E-state index in [1.54, 1.807) is 12.1 Å². The maximum Gasteiger partial charge on any atom is 0.330 e. The van der Waals surface area contributed by atoms with Gasteiger partial charge in [0.2, 0.25) is 0 Å². The van der Waals surface area contributed by atoms with E-state index >= 15 is 0 Å². The molecule has 1 saturated carbocycles. The number of aromatic amines is 1. The molecule has 0 amide bonds. The Morgan fingerprint density at radius 3 is 2.18 bits per heavy atom. The summed E-state index contributed by atoms with van der Waals surface area (Å²) in [4.78, 5) is 62.8. The fourth-order valence-corrected chi connectivity index (χ4v) is 8.17. The molecule has 1 aliphatic carbocycles. The first-order chi connectivity index (χ1) is 21.1. The minimum Gasteiger partial charge on any atom is -0.756 e. The fraction of sp³-hybridized carbons (Fsp3) is 0.520. The van der Waals surface area contributed by atoms with Crippen molar-refractivity contribution in [1.29, 1.82) is 0 Å². The lowest BCUT2D eigenvalue weighted by atomic mass is 9.90. The van der Waals surface area contributed by atoms with Crippen LogP contribution in [0.5, 0.6) is 0 Å². The van der Waals surface area contributed by atoms with Crippen molar-refractivity contribution in [1.82, 2.24) is 9.55 Å². The minimum absolute atomic E-state index is 0.145. The van der Waals surface area contributed by atoms with Crippen LogP contribution in [-0.2, 0) is 42.5 Å².